The van der Waals surface area contributed by atoms with Crippen LogP contribution in [0.25, 0.3) is 0 Å². The number of hydrogen-bond donors (Lipinski definition) is 5. The second-order valence-electron chi connectivity index (χ2n) is 8.55. The Morgan fingerprint density at radius 3 is 2.14 bits per heavy atom. The number of carboxylic acids is 1. The van der Waals surface area contributed by atoms with Crippen LogP contribution in [0.3, 0.4) is 0 Å². The number of aliphatic carboxylic acids is 1. The SMILES string of the molecule is CN(C)C/C=C/C(=O)Nc1ccc(CNC(=O)c2[nH]ncc2NC(=O)c2c(Cl)cccc2Cl)cc1.O=C(O)C(F)(F)F. The summed E-state index contributed by atoms with van der Waals surface area (Å²) in [6, 6.07) is 11.8. The molecule has 0 atom stereocenters. The van der Waals surface area contributed by atoms with E-state index in [1.54, 1.807) is 48.5 Å². The summed E-state index contributed by atoms with van der Waals surface area (Å²) in [5.41, 5.74) is 1.81. The molecule has 42 heavy (non-hydrogen) atoms. The summed E-state index contributed by atoms with van der Waals surface area (Å²) in [5, 5.41) is 22.1. The van der Waals surface area contributed by atoms with Crippen LogP contribution in [0.1, 0.15) is 26.4 Å². The number of carboxylic acid groups (broad SMARTS) is 1. The number of anilines is 2. The van der Waals surface area contributed by atoms with Gasteiger partial charge >= 0.3 is 12.1 Å². The van der Waals surface area contributed by atoms with Crippen molar-refractivity contribution in [3.8, 4) is 0 Å². The Labute approximate surface area is 247 Å². The molecule has 0 spiro atoms. The number of aromatic nitrogens is 2. The number of benzene rings is 2. The zero-order valence-corrected chi connectivity index (χ0v) is 23.6. The van der Waals surface area contributed by atoms with Crippen molar-refractivity contribution in [3.63, 3.8) is 0 Å². The molecule has 0 aliphatic carbocycles. The number of hydrogen-bond acceptors (Lipinski definition) is 6. The summed E-state index contributed by atoms with van der Waals surface area (Å²) in [4.78, 5) is 48.0. The van der Waals surface area contributed by atoms with Crippen molar-refractivity contribution in [2.45, 2.75) is 12.7 Å². The van der Waals surface area contributed by atoms with E-state index in [0.717, 1.165) is 5.56 Å². The molecule has 0 aliphatic heterocycles. The maximum atomic E-state index is 12.7. The van der Waals surface area contributed by atoms with Gasteiger partial charge in [0, 0.05) is 24.9 Å². The van der Waals surface area contributed by atoms with Crippen molar-refractivity contribution in [2.75, 3.05) is 31.3 Å². The Balaban J connectivity index is 0.000000782. The Hall–Kier alpha value is -4.40. The Kier molecular flexibility index (Phi) is 12.5. The molecule has 3 rings (SSSR count). The maximum Gasteiger partial charge on any atom is 0.490 e. The molecular weight excluding hydrogens is 604 g/mol. The molecule has 1 aromatic heterocycles. The first-order valence-corrected chi connectivity index (χ1v) is 12.5. The van der Waals surface area contributed by atoms with Crippen LogP contribution < -0.4 is 16.0 Å². The Morgan fingerprint density at radius 1 is 1.00 bits per heavy atom. The number of carbonyl (C=O) groups excluding carboxylic acids is 3. The van der Waals surface area contributed by atoms with E-state index in [1.807, 2.05) is 19.0 Å². The molecule has 0 radical (unpaired) electrons. The maximum absolute atomic E-state index is 12.7. The second-order valence-corrected chi connectivity index (χ2v) is 9.36. The molecule has 3 amide bonds. The van der Waals surface area contributed by atoms with Crippen LogP contribution in [0.5, 0.6) is 0 Å². The largest absolute Gasteiger partial charge is 0.490 e. The number of likely N-dealkylation sites (N-methyl/N-ethyl adjacent to an activating group) is 1. The molecule has 11 nitrogen and oxygen atoms in total. The molecule has 16 heteroatoms. The molecule has 0 saturated carbocycles. The fraction of sp³-hybridized carbons (Fsp3) is 0.192. The lowest BCUT2D eigenvalue weighted by molar-refractivity contribution is -0.192. The minimum Gasteiger partial charge on any atom is -0.475 e. The lowest BCUT2D eigenvalue weighted by Gasteiger charge is -2.09. The van der Waals surface area contributed by atoms with Gasteiger partial charge in [-0.15, -0.1) is 0 Å². The number of aromatic amines is 1. The van der Waals surface area contributed by atoms with Crippen LogP contribution in [-0.4, -0.2) is 70.7 Å². The first kappa shape index (κ1) is 33.8. The first-order chi connectivity index (χ1) is 19.7. The number of alkyl halides is 3. The standard InChI is InChI=1S/C24H24Cl2N6O3.C2HF3O2/c1-32(2)12-4-7-20(33)29-16-10-8-15(9-11-16)13-27-24(35)22-19(14-28-31-22)30-23(34)21-17(25)5-3-6-18(21)26;3-2(4,5)1(6)7/h3-11,14H,12-13H2,1-2H3,(H,27,35)(H,28,31)(H,29,33)(H,30,34);(H,6,7)/b7-4+;. The van der Waals surface area contributed by atoms with Crippen LogP contribution in [0.15, 0.2) is 60.8 Å². The molecule has 2 aromatic carbocycles. The van der Waals surface area contributed by atoms with Crippen LogP contribution in [0, 0.1) is 0 Å². The number of nitrogens with one attached hydrogen (secondary N) is 4. The summed E-state index contributed by atoms with van der Waals surface area (Å²) in [7, 11) is 3.83. The highest BCUT2D eigenvalue weighted by Crippen LogP contribution is 2.25. The van der Waals surface area contributed by atoms with E-state index >= 15 is 0 Å². The molecule has 0 unspecified atom stereocenters. The van der Waals surface area contributed by atoms with Crippen molar-refractivity contribution in [3.05, 3.63) is 87.7 Å². The first-order valence-electron chi connectivity index (χ1n) is 11.8. The van der Waals surface area contributed by atoms with Crippen molar-refractivity contribution in [1.29, 1.82) is 0 Å². The molecule has 0 bridgehead atoms. The van der Waals surface area contributed by atoms with E-state index in [9.17, 15) is 27.6 Å². The number of carbonyl (C=O) groups is 4. The summed E-state index contributed by atoms with van der Waals surface area (Å²) < 4.78 is 31.7. The molecule has 3 aromatic rings. The normalized spacial score (nSPS) is 11.0. The number of nitrogens with zero attached hydrogens (tertiary/aromatic N) is 2. The summed E-state index contributed by atoms with van der Waals surface area (Å²) in [6.07, 6.45) is -0.509. The molecule has 5 N–H and O–H groups in total. The predicted molar refractivity (Wildman–Crippen MR) is 151 cm³/mol. The third kappa shape index (κ3) is 10.9. The van der Waals surface area contributed by atoms with Gasteiger partial charge < -0.3 is 26.0 Å². The predicted octanol–water partition coefficient (Wildman–Crippen LogP) is 4.59. The Morgan fingerprint density at radius 2 is 1.60 bits per heavy atom. The highest BCUT2D eigenvalue weighted by molar-refractivity contribution is 6.40. The van der Waals surface area contributed by atoms with Crippen LogP contribution in [0.4, 0.5) is 24.5 Å². The summed E-state index contributed by atoms with van der Waals surface area (Å²) in [6.45, 7) is 0.889. The lowest BCUT2D eigenvalue weighted by atomic mass is 10.2. The van der Waals surface area contributed by atoms with Crippen LogP contribution in [0.2, 0.25) is 10.0 Å². The van der Waals surface area contributed by atoms with Gasteiger partial charge in [-0.25, -0.2) is 4.79 Å². The topological polar surface area (TPSA) is 157 Å². The van der Waals surface area contributed by atoms with Gasteiger partial charge in [-0.3, -0.25) is 19.5 Å². The highest BCUT2D eigenvalue weighted by atomic mass is 35.5. The number of H-pyrrole nitrogens is 1. The number of amides is 3. The molecule has 0 fully saturated rings. The van der Waals surface area contributed by atoms with Crippen molar-refractivity contribution in [2.24, 2.45) is 0 Å². The third-order valence-corrected chi connectivity index (χ3v) is 5.59. The van der Waals surface area contributed by atoms with Crippen molar-refractivity contribution < 1.29 is 37.5 Å². The van der Waals surface area contributed by atoms with E-state index in [1.165, 1.54) is 12.3 Å². The van der Waals surface area contributed by atoms with Crippen LogP contribution >= 0.6 is 23.2 Å². The van der Waals surface area contributed by atoms with E-state index in [-0.39, 0.29) is 39.4 Å². The molecular formula is C26H25Cl2F3N6O5. The quantitative estimate of drug-likeness (QED) is 0.217. The zero-order valence-electron chi connectivity index (χ0n) is 22.1. The van der Waals surface area contributed by atoms with Gasteiger partial charge in [0.05, 0.1) is 27.5 Å². The smallest absolute Gasteiger partial charge is 0.475 e. The number of halogens is 5. The molecule has 224 valence electrons. The van der Waals surface area contributed by atoms with Crippen LogP contribution in [-0.2, 0) is 16.1 Å². The molecule has 1 heterocycles. The van der Waals surface area contributed by atoms with Crippen molar-refractivity contribution in [1.82, 2.24) is 20.4 Å². The summed E-state index contributed by atoms with van der Waals surface area (Å²) >= 11 is 12.2. The van der Waals surface area contributed by atoms with Gasteiger partial charge in [-0.05, 0) is 43.9 Å². The van der Waals surface area contributed by atoms with E-state index < -0.39 is 24.0 Å². The average Bonchev–Trinajstić information content (AvgIpc) is 3.35. The van der Waals surface area contributed by atoms with E-state index in [4.69, 9.17) is 33.1 Å². The zero-order chi connectivity index (χ0) is 31.4. The van der Waals surface area contributed by atoms with Gasteiger partial charge in [-0.2, -0.15) is 18.3 Å². The summed E-state index contributed by atoms with van der Waals surface area (Å²) in [5.74, 6) is -4.01. The van der Waals surface area contributed by atoms with Crippen molar-refractivity contribution >= 4 is 58.3 Å². The van der Waals surface area contributed by atoms with E-state index in [2.05, 4.69) is 26.1 Å². The van der Waals surface area contributed by atoms with Gasteiger partial charge in [0.1, 0.15) is 5.69 Å². The highest BCUT2D eigenvalue weighted by Gasteiger charge is 2.38. The van der Waals surface area contributed by atoms with Gasteiger partial charge in [-0.1, -0.05) is 47.5 Å². The van der Waals surface area contributed by atoms with E-state index in [0.29, 0.717) is 12.2 Å². The van der Waals surface area contributed by atoms with Gasteiger partial charge in [0.2, 0.25) is 5.91 Å². The van der Waals surface area contributed by atoms with Gasteiger partial charge in [0.15, 0.2) is 0 Å². The average molecular weight is 629 g/mol. The molecule has 0 saturated heterocycles. The second kappa shape index (κ2) is 15.6. The molecule has 0 aliphatic rings. The Bertz CT molecular complexity index is 1420. The van der Waals surface area contributed by atoms with Gasteiger partial charge in [0.25, 0.3) is 11.8 Å². The third-order valence-electron chi connectivity index (χ3n) is 4.96. The monoisotopic (exact) mass is 628 g/mol. The lowest BCUT2D eigenvalue weighted by Crippen LogP contribution is -2.25. The fourth-order valence-electron chi connectivity index (χ4n) is 2.98. The fourth-order valence-corrected chi connectivity index (χ4v) is 3.55. The minimum atomic E-state index is -5.08. The number of rotatable bonds is 9. The minimum absolute atomic E-state index is 0.0786.